The van der Waals surface area contributed by atoms with Gasteiger partial charge >= 0.3 is 0 Å². The van der Waals surface area contributed by atoms with Crippen LogP contribution in [0.5, 0.6) is 11.5 Å². The molecule has 1 N–H and O–H groups in total. The number of thiazole rings is 1. The van der Waals surface area contributed by atoms with Crippen LogP contribution in [0.25, 0.3) is 10.2 Å². The van der Waals surface area contributed by atoms with Crippen LogP contribution in [-0.4, -0.2) is 30.7 Å². The van der Waals surface area contributed by atoms with Gasteiger partial charge in [-0.2, -0.15) is 0 Å². The fraction of sp³-hybridized carbons (Fsp3) is 0.235. The third-order valence-corrected chi connectivity index (χ3v) is 4.70. The quantitative estimate of drug-likeness (QED) is 0.509. The minimum Gasteiger partial charge on any atom is -0.493 e. The molecule has 3 rings (SSSR count). The number of ether oxygens (including phenoxy) is 2. The van der Waals surface area contributed by atoms with E-state index in [4.69, 9.17) is 9.47 Å². The summed E-state index contributed by atoms with van der Waals surface area (Å²) in [7, 11) is 3.22. The van der Waals surface area contributed by atoms with Crippen LogP contribution in [0.2, 0.25) is 0 Å². The number of aromatic nitrogens is 1. The van der Waals surface area contributed by atoms with Crippen molar-refractivity contribution in [1.82, 2.24) is 4.98 Å². The average Bonchev–Trinajstić information content (AvgIpc) is 3.03. The van der Waals surface area contributed by atoms with Crippen LogP contribution in [0, 0.1) is 10.1 Å². The molecule has 1 aromatic heterocycles. The van der Waals surface area contributed by atoms with Gasteiger partial charge in [-0.15, -0.1) is 0 Å². The molecule has 0 unspecified atom stereocenters. The van der Waals surface area contributed by atoms with Crippen LogP contribution in [0.1, 0.15) is 5.56 Å². The summed E-state index contributed by atoms with van der Waals surface area (Å²) >= 11 is 1.41. The van der Waals surface area contributed by atoms with E-state index in [1.54, 1.807) is 26.4 Å². The van der Waals surface area contributed by atoms with Crippen LogP contribution in [0.3, 0.4) is 0 Å². The summed E-state index contributed by atoms with van der Waals surface area (Å²) in [5.41, 5.74) is 1.94. The van der Waals surface area contributed by atoms with E-state index < -0.39 is 4.92 Å². The maximum absolute atomic E-state index is 10.8. The number of nitrogens with one attached hydrogen (secondary N) is 1. The molecule has 0 aliphatic heterocycles. The first kappa shape index (κ1) is 17.0. The molecule has 0 saturated carbocycles. The summed E-state index contributed by atoms with van der Waals surface area (Å²) in [5.74, 6) is 1.40. The number of nitrogens with zero attached hydrogens (tertiary/aromatic N) is 2. The van der Waals surface area contributed by atoms with Gasteiger partial charge < -0.3 is 14.8 Å². The van der Waals surface area contributed by atoms with E-state index in [2.05, 4.69) is 10.3 Å². The zero-order valence-corrected chi connectivity index (χ0v) is 14.6. The van der Waals surface area contributed by atoms with Crippen molar-refractivity contribution in [2.45, 2.75) is 6.42 Å². The molecular weight excluding hydrogens is 342 g/mol. The van der Waals surface area contributed by atoms with Gasteiger partial charge in [-0.3, -0.25) is 10.1 Å². The molecule has 130 valence electrons. The molecule has 2 aromatic carbocycles. The summed E-state index contributed by atoms with van der Waals surface area (Å²) in [6, 6.07) is 10.5. The van der Waals surface area contributed by atoms with Crippen molar-refractivity contribution in [2.75, 3.05) is 26.1 Å². The Labute approximate surface area is 148 Å². The Balaban J connectivity index is 1.66. The molecule has 0 aliphatic carbocycles. The third kappa shape index (κ3) is 3.80. The first-order valence-electron chi connectivity index (χ1n) is 7.60. The topological polar surface area (TPSA) is 86.5 Å². The summed E-state index contributed by atoms with van der Waals surface area (Å²) in [6.07, 6.45) is 0.788. The number of rotatable bonds is 7. The van der Waals surface area contributed by atoms with Gasteiger partial charge in [0.2, 0.25) is 0 Å². The van der Waals surface area contributed by atoms with Crippen molar-refractivity contribution in [3.63, 3.8) is 0 Å². The smallest absolute Gasteiger partial charge is 0.270 e. The Kier molecular flexibility index (Phi) is 4.99. The second-order valence-corrected chi connectivity index (χ2v) is 6.32. The lowest BCUT2D eigenvalue weighted by molar-refractivity contribution is -0.384. The van der Waals surface area contributed by atoms with Crippen LogP contribution in [0.15, 0.2) is 36.4 Å². The molecule has 0 amide bonds. The molecular formula is C17H17N3O4S. The average molecular weight is 359 g/mol. The van der Waals surface area contributed by atoms with Gasteiger partial charge in [0.1, 0.15) is 0 Å². The molecule has 1 heterocycles. The van der Waals surface area contributed by atoms with Crippen LogP contribution < -0.4 is 14.8 Å². The molecule has 0 radical (unpaired) electrons. The van der Waals surface area contributed by atoms with Gasteiger partial charge in [0, 0.05) is 18.7 Å². The second kappa shape index (κ2) is 7.35. The number of non-ortho nitro benzene ring substituents is 1. The molecule has 0 bridgehead atoms. The second-order valence-electron chi connectivity index (χ2n) is 5.29. The summed E-state index contributed by atoms with van der Waals surface area (Å²) in [6.45, 7) is 0.692. The summed E-state index contributed by atoms with van der Waals surface area (Å²) in [5, 5.41) is 14.8. The first-order chi connectivity index (χ1) is 12.1. The summed E-state index contributed by atoms with van der Waals surface area (Å²) in [4.78, 5) is 14.9. The molecule has 25 heavy (non-hydrogen) atoms. The Morgan fingerprint density at radius 3 is 2.68 bits per heavy atom. The minimum atomic E-state index is -0.399. The van der Waals surface area contributed by atoms with Crippen molar-refractivity contribution in [3.8, 4) is 11.5 Å². The molecule has 7 nitrogen and oxygen atoms in total. The number of nitro benzene ring substituents is 1. The number of hydrogen-bond acceptors (Lipinski definition) is 7. The molecule has 0 fully saturated rings. The van der Waals surface area contributed by atoms with E-state index in [-0.39, 0.29) is 5.69 Å². The Bertz CT molecular complexity index is 910. The highest BCUT2D eigenvalue weighted by molar-refractivity contribution is 7.22. The van der Waals surface area contributed by atoms with Crippen LogP contribution in [-0.2, 0) is 6.42 Å². The molecule has 0 saturated heterocycles. The van der Waals surface area contributed by atoms with E-state index in [1.807, 2.05) is 18.2 Å². The number of hydrogen-bond donors (Lipinski definition) is 1. The lowest BCUT2D eigenvalue weighted by Crippen LogP contribution is -2.04. The van der Waals surface area contributed by atoms with Crippen LogP contribution in [0.4, 0.5) is 10.8 Å². The number of fused-ring (bicyclic) bond motifs is 1. The third-order valence-electron chi connectivity index (χ3n) is 3.72. The van der Waals surface area contributed by atoms with E-state index in [9.17, 15) is 10.1 Å². The van der Waals surface area contributed by atoms with Gasteiger partial charge in [0.15, 0.2) is 16.6 Å². The van der Waals surface area contributed by atoms with Crippen molar-refractivity contribution in [1.29, 1.82) is 0 Å². The highest BCUT2D eigenvalue weighted by atomic mass is 32.1. The van der Waals surface area contributed by atoms with Gasteiger partial charge in [-0.05, 0) is 30.2 Å². The van der Waals surface area contributed by atoms with Gasteiger partial charge in [-0.1, -0.05) is 17.4 Å². The Morgan fingerprint density at radius 1 is 1.16 bits per heavy atom. The highest BCUT2D eigenvalue weighted by Gasteiger charge is 2.10. The zero-order chi connectivity index (χ0) is 17.8. The fourth-order valence-electron chi connectivity index (χ4n) is 2.45. The van der Waals surface area contributed by atoms with Crippen molar-refractivity contribution >= 4 is 32.4 Å². The predicted octanol–water partition coefficient (Wildman–Crippen LogP) is 3.88. The van der Waals surface area contributed by atoms with Crippen LogP contribution >= 0.6 is 11.3 Å². The number of nitro groups is 1. The number of benzene rings is 2. The van der Waals surface area contributed by atoms with Crippen molar-refractivity contribution in [2.24, 2.45) is 0 Å². The number of anilines is 1. The summed E-state index contributed by atoms with van der Waals surface area (Å²) < 4.78 is 11.3. The van der Waals surface area contributed by atoms with Gasteiger partial charge in [-0.25, -0.2) is 4.98 Å². The largest absolute Gasteiger partial charge is 0.493 e. The predicted molar refractivity (Wildman–Crippen MR) is 98.0 cm³/mol. The molecule has 0 atom stereocenters. The SMILES string of the molecule is COc1ccc(CCNc2nc3ccc([N+](=O)[O-])cc3s2)cc1OC. The normalized spacial score (nSPS) is 10.6. The van der Waals surface area contributed by atoms with Crippen molar-refractivity contribution < 1.29 is 14.4 Å². The lowest BCUT2D eigenvalue weighted by Gasteiger charge is -2.09. The minimum absolute atomic E-state index is 0.0769. The van der Waals surface area contributed by atoms with Gasteiger partial charge in [0.05, 0.1) is 29.4 Å². The lowest BCUT2D eigenvalue weighted by atomic mass is 10.1. The molecule has 0 spiro atoms. The van der Waals surface area contributed by atoms with Crippen molar-refractivity contribution in [3.05, 3.63) is 52.1 Å². The Hall–Kier alpha value is -2.87. The van der Waals surface area contributed by atoms with E-state index in [1.165, 1.54) is 17.4 Å². The maximum atomic E-state index is 10.8. The first-order valence-corrected chi connectivity index (χ1v) is 8.42. The molecule has 0 aliphatic rings. The van der Waals surface area contributed by atoms with E-state index in [0.717, 1.165) is 27.3 Å². The van der Waals surface area contributed by atoms with E-state index >= 15 is 0 Å². The monoisotopic (exact) mass is 359 g/mol. The van der Waals surface area contributed by atoms with E-state index in [0.29, 0.717) is 18.0 Å². The fourth-order valence-corrected chi connectivity index (χ4v) is 3.38. The number of methoxy groups -OCH3 is 2. The van der Waals surface area contributed by atoms with Gasteiger partial charge in [0.25, 0.3) is 5.69 Å². The molecule has 8 heteroatoms. The Morgan fingerprint density at radius 2 is 1.96 bits per heavy atom. The standard InChI is InChI=1S/C17H17N3O4S/c1-23-14-6-3-11(9-15(14)24-2)7-8-18-17-19-13-5-4-12(20(21)22)10-16(13)25-17/h3-6,9-10H,7-8H2,1-2H3,(H,18,19). The zero-order valence-electron chi connectivity index (χ0n) is 13.8. The maximum Gasteiger partial charge on any atom is 0.270 e. The highest BCUT2D eigenvalue weighted by Crippen LogP contribution is 2.30. The molecule has 3 aromatic rings.